The Kier molecular flexibility index (Phi) is 4.71. The van der Waals surface area contributed by atoms with E-state index in [0.29, 0.717) is 18.1 Å². The van der Waals surface area contributed by atoms with E-state index >= 15 is 0 Å². The van der Waals surface area contributed by atoms with Crippen LogP contribution in [0.3, 0.4) is 0 Å². The Morgan fingerprint density at radius 2 is 1.89 bits per heavy atom. The minimum Gasteiger partial charge on any atom is -0.377 e. The number of hydrogen-bond acceptors (Lipinski definition) is 3. The van der Waals surface area contributed by atoms with Crippen molar-refractivity contribution < 1.29 is 4.74 Å². The van der Waals surface area contributed by atoms with Crippen molar-refractivity contribution in [2.45, 2.75) is 50.8 Å². The van der Waals surface area contributed by atoms with E-state index < -0.39 is 0 Å². The van der Waals surface area contributed by atoms with E-state index in [1.165, 1.54) is 11.1 Å². The van der Waals surface area contributed by atoms with Gasteiger partial charge in [0.15, 0.2) is 5.96 Å². The highest BCUT2D eigenvalue weighted by Crippen LogP contribution is 2.52. The summed E-state index contributed by atoms with van der Waals surface area (Å²) in [4.78, 5) is 6.90. The van der Waals surface area contributed by atoms with Crippen molar-refractivity contribution in [1.29, 1.82) is 0 Å². The van der Waals surface area contributed by atoms with Gasteiger partial charge in [0.2, 0.25) is 0 Å². The molecular formula is C22H34N4O. The summed E-state index contributed by atoms with van der Waals surface area (Å²) in [6.07, 6.45) is 3.70. The number of rotatable bonds is 4. The van der Waals surface area contributed by atoms with Crippen molar-refractivity contribution in [2.75, 3.05) is 34.3 Å². The molecule has 1 saturated heterocycles. The summed E-state index contributed by atoms with van der Waals surface area (Å²) in [5.41, 5.74) is 3.20. The van der Waals surface area contributed by atoms with Gasteiger partial charge >= 0.3 is 0 Å². The molecule has 3 aliphatic rings. The Balaban J connectivity index is 1.42. The summed E-state index contributed by atoms with van der Waals surface area (Å²) in [6, 6.07) is 9.26. The van der Waals surface area contributed by atoms with Gasteiger partial charge < -0.3 is 20.3 Å². The standard InChI is InChI=1S/C22H34N4O/c1-21(2)18(17-10-11-27-19(17)21)25-20(23-3)24-14-22(26(4)5)12-15-8-6-7-9-16(15)13-22/h6-9,17-19H,10-14H2,1-5H3,(H2,23,24,25). The van der Waals surface area contributed by atoms with E-state index in [1.807, 2.05) is 7.05 Å². The zero-order chi connectivity index (χ0) is 19.2. The number of fused-ring (bicyclic) bond motifs is 2. The molecule has 2 aliphatic carbocycles. The van der Waals surface area contributed by atoms with Gasteiger partial charge in [-0.05, 0) is 44.5 Å². The number of nitrogens with one attached hydrogen (secondary N) is 2. The molecule has 0 aromatic heterocycles. The minimum absolute atomic E-state index is 0.0927. The molecule has 2 N–H and O–H groups in total. The summed E-state index contributed by atoms with van der Waals surface area (Å²) < 4.78 is 5.93. The number of benzene rings is 1. The number of likely N-dealkylation sites (N-methyl/N-ethyl adjacent to an activating group) is 1. The van der Waals surface area contributed by atoms with Crippen LogP contribution >= 0.6 is 0 Å². The van der Waals surface area contributed by atoms with Gasteiger partial charge in [-0.15, -0.1) is 0 Å². The Hall–Kier alpha value is -1.59. The van der Waals surface area contributed by atoms with Crippen molar-refractivity contribution >= 4 is 5.96 Å². The first kappa shape index (κ1) is 18.8. The predicted octanol–water partition coefficient (Wildman–Crippen LogP) is 2.06. The third-order valence-corrected chi connectivity index (χ3v) is 7.31. The quantitative estimate of drug-likeness (QED) is 0.629. The zero-order valence-electron chi connectivity index (χ0n) is 17.4. The van der Waals surface area contributed by atoms with E-state index in [9.17, 15) is 0 Å². The zero-order valence-corrected chi connectivity index (χ0v) is 17.4. The lowest BCUT2D eigenvalue weighted by molar-refractivity contribution is -0.106. The fraction of sp³-hybridized carbons (Fsp3) is 0.682. The van der Waals surface area contributed by atoms with Crippen LogP contribution in [0, 0.1) is 11.3 Å². The van der Waals surface area contributed by atoms with Gasteiger partial charge in [0.1, 0.15) is 0 Å². The summed E-state index contributed by atoms with van der Waals surface area (Å²) in [6.45, 7) is 6.38. The fourth-order valence-corrected chi connectivity index (χ4v) is 5.48. The number of ether oxygens (including phenoxy) is 1. The Morgan fingerprint density at radius 1 is 1.22 bits per heavy atom. The molecule has 0 radical (unpaired) electrons. The molecule has 148 valence electrons. The molecule has 0 bridgehead atoms. The minimum atomic E-state index is 0.0927. The Bertz CT molecular complexity index is 702. The highest BCUT2D eigenvalue weighted by Gasteiger charge is 2.59. The lowest BCUT2D eigenvalue weighted by atomic mass is 9.57. The van der Waals surface area contributed by atoms with E-state index in [0.717, 1.165) is 38.4 Å². The van der Waals surface area contributed by atoms with Crippen LogP contribution in [0.2, 0.25) is 0 Å². The number of hydrogen-bond donors (Lipinski definition) is 2. The van der Waals surface area contributed by atoms with Gasteiger partial charge in [-0.3, -0.25) is 4.99 Å². The largest absolute Gasteiger partial charge is 0.377 e. The van der Waals surface area contributed by atoms with Crippen molar-refractivity contribution in [2.24, 2.45) is 16.3 Å². The molecule has 5 nitrogen and oxygen atoms in total. The normalized spacial score (nSPS) is 30.6. The topological polar surface area (TPSA) is 48.9 Å². The molecule has 3 unspecified atom stereocenters. The lowest BCUT2D eigenvalue weighted by Gasteiger charge is -2.55. The third-order valence-electron chi connectivity index (χ3n) is 7.31. The average molecular weight is 371 g/mol. The fourth-order valence-electron chi connectivity index (χ4n) is 5.48. The van der Waals surface area contributed by atoms with Crippen molar-refractivity contribution in [1.82, 2.24) is 15.5 Å². The van der Waals surface area contributed by atoms with E-state index in [2.05, 4.69) is 72.7 Å². The van der Waals surface area contributed by atoms with Gasteiger partial charge in [0, 0.05) is 43.1 Å². The molecular weight excluding hydrogens is 336 g/mol. The molecule has 27 heavy (non-hydrogen) atoms. The smallest absolute Gasteiger partial charge is 0.191 e. The first-order valence-electron chi connectivity index (χ1n) is 10.2. The van der Waals surface area contributed by atoms with Crippen LogP contribution < -0.4 is 10.6 Å². The van der Waals surface area contributed by atoms with Crippen LogP contribution in [0.15, 0.2) is 29.3 Å². The maximum atomic E-state index is 5.93. The second-order valence-electron chi connectivity index (χ2n) is 9.35. The van der Waals surface area contributed by atoms with Crippen molar-refractivity contribution in [3.63, 3.8) is 0 Å². The van der Waals surface area contributed by atoms with Crippen LogP contribution in [-0.2, 0) is 17.6 Å². The van der Waals surface area contributed by atoms with E-state index in [1.54, 1.807) is 0 Å². The molecule has 1 aromatic rings. The van der Waals surface area contributed by atoms with Crippen LogP contribution in [0.1, 0.15) is 31.4 Å². The molecule has 4 rings (SSSR count). The molecule has 1 heterocycles. The molecule has 1 aliphatic heterocycles. The molecule has 5 heteroatoms. The van der Waals surface area contributed by atoms with Crippen LogP contribution in [-0.4, -0.2) is 62.8 Å². The summed E-state index contributed by atoms with van der Waals surface area (Å²) in [5, 5.41) is 7.35. The van der Waals surface area contributed by atoms with Crippen LogP contribution in [0.5, 0.6) is 0 Å². The number of guanidine groups is 1. The number of nitrogens with zero attached hydrogens (tertiary/aromatic N) is 2. The first-order chi connectivity index (χ1) is 12.9. The average Bonchev–Trinajstić information content (AvgIpc) is 3.25. The van der Waals surface area contributed by atoms with Crippen molar-refractivity contribution in [3.8, 4) is 0 Å². The highest BCUT2D eigenvalue weighted by atomic mass is 16.5. The van der Waals surface area contributed by atoms with Gasteiger partial charge in [-0.25, -0.2) is 0 Å². The summed E-state index contributed by atoms with van der Waals surface area (Å²) in [5.74, 6) is 1.52. The lowest BCUT2D eigenvalue weighted by Crippen LogP contribution is -2.68. The second-order valence-corrected chi connectivity index (χ2v) is 9.35. The molecule has 0 spiro atoms. The monoisotopic (exact) mass is 370 g/mol. The third kappa shape index (κ3) is 3.05. The molecule has 1 aromatic carbocycles. The SMILES string of the molecule is CN=C(NCC1(N(C)C)Cc2ccccc2C1)NC1C2CCOC2C1(C)C. The van der Waals surface area contributed by atoms with Crippen LogP contribution in [0.25, 0.3) is 0 Å². The maximum absolute atomic E-state index is 5.93. The highest BCUT2D eigenvalue weighted by molar-refractivity contribution is 5.80. The van der Waals surface area contributed by atoms with Crippen molar-refractivity contribution in [3.05, 3.63) is 35.4 Å². The predicted molar refractivity (Wildman–Crippen MR) is 110 cm³/mol. The maximum Gasteiger partial charge on any atom is 0.191 e. The summed E-state index contributed by atoms with van der Waals surface area (Å²) >= 11 is 0. The molecule has 1 saturated carbocycles. The Morgan fingerprint density at radius 3 is 2.48 bits per heavy atom. The van der Waals surface area contributed by atoms with E-state index in [4.69, 9.17) is 4.74 Å². The first-order valence-corrected chi connectivity index (χ1v) is 10.2. The van der Waals surface area contributed by atoms with Crippen LogP contribution in [0.4, 0.5) is 0 Å². The van der Waals surface area contributed by atoms with E-state index in [-0.39, 0.29) is 11.0 Å². The van der Waals surface area contributed by atoms with Gasteiger partial charge in [0.05, 0.1) is 6.10 Å². The van der Waals surface area contributed by atoms with Gasteiger partial charge in [-0.2, -0.15) is 0 Å². The second kappa shape index (κ2) is 6.78. The molecule has 2 fully saturated rings. The van der Waals surface area contributed by atoms with Gasteiger partial charge in [-0.1, -0.05) is 38.1 Å². The Labute approximate surface area is 163 Å². The number of aliphatic imine (C=N–C) groups is 1. The summed E-state index contributed by atoms with van der Waals surface area (Å²) in [7, 11) is 6.26. The molecule has 3 atom stereocenters. The van der Waals surface area contributed by atoms with Gasteiger partial charge in [0.25, 0.3) is 0 Å². The molecule has 0 amide bonds.